The Morgan fingerprint density at radius 3 is 2.28 bits per heavy atom. The number of amides is 3. The smallest absolute Gasteiger partial charge is 0.248 e. The Morgan fingerprint density at radius 2 is 1.69 bits per heavy atom. The van der Waals surface area contributed by atoms with Gasteiger partial charge in [-0.1, -0.05) is 6.07 Å². The van der Waals surface area contributed by atoms with Gasteiger partial charge in [0.25, 0.3) is 0 Å². The molecule has 1 aliphatic heterocycles. The SMILES string of the molecule is CC(=O)N[C@@H](CC1CCC(F)(F)CC1)C(=O)NCCNC(=O)[C@@H]1CN(C(C)(C)C)C[C@H]1c1ccc(F)cc1F. The van der Waals surface area contributed by atoms with Crippen LogP contribution in [0.15, 0.2) is 18.2 Å². The van der Waals surface area contributed by atoms with Gasteiger partial charge in [-0.05, 0) is 57.6 Å². The quantitative estimate of drug-likeness (QED) is 0.320. The predicted octanol–water partition coefficient (Wildman–Crippen LogP) is 3.73. The predicted molar refractivity (Wildman–Crippen MR) is 139 cm³/mol. The van der Waals surface area contributed by atoms with E-state index in [1.165, 1.54) is 19.1 Å². The highest BCUT2D eigenvalue weighted by Gasteiger charge is 2.43. The molecule has 1 heterocycles. The first-order valence-corrected chi connectivity index (χ1v) is 13.6. The fourth-order valence-electron chi connectivity index (χ4n) is 5.51. The summed E-state index contributed by atoms with van der Waals surface area (Å²) in [5, 5.41) is 8.11. The highest BCUT2D eigenvalue weighted by Crippen LogP contribution is 2.39. The molecule has 3 N–H and O–H groups in total. The molecule has 2 fully saturated rings. The van der Waals surface area contributed by atoms with Crippen LogP contribution < -0.4 is 16.0 Å². The first-order chi connectivity index (χ1) is 18.2. The van der Waals surface area contributed by atoms with E-state index in [9.17, 15) is 31.9 Å². The summed E-state index contributed by atoms with van der Waals surface area (Å²) in [6.45, 7) is 8.34. The number of rotatable bonds is 9. The van der Waals surface area contributed by atoms with Crippen molar-refractivity contribution in [2.75, 3.05) is 26.2 Å². The summed E-state index contributed by atoms with van der Waals surface area (Å²) in [6.07, 6.45) is 0.386. The van der Waals surface area contributed by atoms with E-state index in [4.69, 9.17) is 0 Å². The molecule has 3 atom stereocenters. The minimum absolute atomic E-state index is 0.0919. The van der Waals surface area contributed by atoms with Gasteiger partial charge in [-0.25, -0.2) is 17.6 Å². The molecule has 0 radical (unpaired) electrons. The van der Waals surface area contributed by atoms with E-state index in [1.54, 1.807) is 0 Å². The fraction of sp³-hybridized carbons (Fsp3) is 0.679. The second-order valence-electron chi connectivity index (χ2n) is 11.8. The van der Waals surface area contributed by atoms with Gasteiger partial charge in [-0.15, -0.1) is 0 Å². The third-order valence-corrected chi connectivity index (χ3v) is 7.79. The van der Waals surface area contributed by atoms with Crippen molar-refractivity contribution >= 4 is 17.7 Å². The molecular formula is C28H40F4N4O3. The van der Waals surface area contributed by atoms with Crippen molar-refractivity contribution < 1.29 is 31.9 Å². The Balaban J connectivity index is 1.56. The van der Waals surface area contributed by atoms with Crippen molar-refractivity contribution in [2.45, 2.75) is 83.2 Å². The molecule has 0 unspecified atom stereocenters. The minimum Gasteiger partial charge on any atom is -0.354 e. The van der Waals surface area contributed by atoms with Crippen LogP contribution in [0.2, 0.25) is 0 Å². The summed E-state index contributed by atoms with van der Waals surface area (Å²) in [4.78, 5) is 39.7. The van der Waals surface area contributed by atoms with Gasteiger partial charge in [0.15, 0.2) is 0 Å². The van der Waals surface area contributed by atoms with E-state index in [0.717, 1.165) is 6.07 Å². The Morgan fingerprint density at radius 1 is 1.05 bits per heavy atom. The van der Waals surface area contributed by atoms with Crippen LogP contribution in [0, 0.1) is 23.5 Å². The van der Waals surface area contributed by atoms with Gasteiger partial charge in [0.05, 0.1) is 5.92 Å². The van der Waals surface area contributed by atoms with E-state index >= 15 is 0 Å². The summed E-state index contributed by atoms with van der Waals surface area (Å²) in [5.74, 6) is -6.32. The minimum atomic E-state index is -2.68. The van der Waals surface area contributed by atoms with Crippen molar-refractivity contribution in [2.24, 2.45) is 11.8 Å². The molecule has 1 aromatic rings. The molecule has 1 aromatic carbocycles. The molecule has 218 valence electrons. The van der Waals surface area contributed by atoms with Crippen LogP contribution in [0.25, 0.3) is 0 Å². The van der Waals surface area contributed by atoms with Crippen molar-refractivity contribution in [1.82, 2.24) is 20.9 Å². The normalized spacial score (nSPS) is 22.8. The van der Waals surface area contributed by atoms with Crippen LogP contribution in [0.4, 0.5) is 17.6 Å². The van der Waals surface area contributed by atoms with E-state index < -0.39 is 47.2 Å². The van der Waals surface area contributed by atoms with Gasteiger partial charge in [0.1, 0.15) is 17.7 Å². The molecule has 3 amide bonds. The number of nitrogens with zero attached hydrogens (tertiary/aromatic N) is 1. The zero-order chi connectivity index (χ0) is 29.0. The van der Waals surface area contributed by atoms with E-state index in [1.807, 2.05) is 20.8 Å². The Bertz CT molecular complexity index is 1040. The molecular weight excluding hydrogens is 516 g/mol. The molecule has 1 aliphatic carbocycles. The van der Waals surface area contributed by atoms with Crippen LogP contribution in [0.1, 0.15) is 71.3 Å². The van der Waals surface area contributed by atoms with E-state index in [0.29, 0.717) is 13.1 Å². The van der Waals surface area contributed by atoms with Crippen LogP contribution >= 0.6 is 0 Å². The third-order valence-electron chi connectivity index (χ3n) is 7.79. The molecule has 1 saturated carbocycles. The standard InChI is InChI=1S/C28H40F4N4O3/c1-17(37)35-24(13-18-7-9-28(31,32)10-8-18)26(39)34-12-11-33-25(38)22-16-36(27(2,3)4)15-21(22)20-6-5-19(29)14-23(20)30/h5-6,14,18,21-22,24H,7-13,15-16H2,1-4H3,(H,33,38)(H,34,39)(H,35,37)/t21-,22+,24-/m0/s1. The second kappa shape index (κ2) is 12.7. The second-order valence-corrected chi connectivity index (χ2v) is 11.8. The number of alkyl halides is 2. The van der Waals surface area contributed by atoms with E-state index in [2.05, 4.69) is 20.9 Å². The van der Waals surface area contributed by atoms with Crippen LogP contribution in [-0.4, -0.2) is 66.3 Å². The number of benzene rings is 1. The number of halogens is 4. The maximum absolute atomic E-state index is 14.6. The molecule has 0 spiro atoms. The number of carbonyl (C=O) groups excluding carboxylic acids is 3. The number of nitrogens with one attached hydrogen (secondary N) is 3. The summed E-state index contributed by atoms with van der Waals surface area (Å²) in [6, 6.07) is 2.55. The molecule has 39 heavy (non-hydrogen) atoms. The molecule has 7 nitrogen and oxygen atoms in total. The Hall–Kier alpha value is -2.69. The lowest BCUT2D eigenvalue weighted by atomic mass is 9.82. The fourth-order valence-corrected chi connectivity index (χ4v) is 5.51. The third kappa shape index (κ3) is 8.65. The van der Waals surface area contributed by atoms with Gasteiger partial charge < -0.3 is 16.0 Å². The first-order valence-electron chi connectivity index (χ1n) is 13.6. The zero-order valence-electron chi connectivity index (χ0n) is 23.1. The monoisotopic (exact) mass is 556 g/mol. The maximum Gasteiger partial charge on any atom is 0.248 e. The summed E-state index contributed by atoms with van der Waals surface area (Å²) < 4.78 is 55.1. The first kappa shape index (κ1) is 30.8. The number of likely N-dealkylation sites (tertiary alicyclic amines) is 1. The summed E-state index contributed by atoms with van der Waals surface area (Å²) in [7, 11) is 0. The topological polar surface area (TPSA) is 90.5 Å². The van der Waals surface area contributed by atoms with Crippen LogP contribution in [0.5, 0.6) is 0 Å². The zero-order valence-corrected chi connectivity index (χ0v) is 23.1. The van der Waals surface area contributed by atoms with Crippen molar-refractivity contribution in [1.29, 1.82) is 0 Å². The van der Waals surface area contributed by atoms with Gasteiger partial charge in [0.2, 0.25) is 23.6 Å². The van der Waals surface area contributed by atoms with Gasteiger partial charge in [0, 0.05) is 63.5 Å². The maximum atomic E-state index is 14.6. The van der Waals surface area contributed by atoms with Gasteiger partial charge >= 0.3 is 0 Å². The average Bonchev–Trinajstić information content (AvgIpc) is 3.28. The largest absolute Gasteiger partial charge is 0.354 e. The molecule has 2 aliphatic rings. The molecule has 0 bridgehead atoms. The van der Waals surface area contributed by atoms with E-state index in [-0.39, 0.29) is 68.1 Å². The van der Waals surface area contributed by atoms with Crippen LogP contribution in [-0.2, 0) is 14.4 Å². The van der Waals surface area contributed by atoms with Gasteiger partial charge in [-0.3, -0.25) is 19.3 Å². The van der Waals surface area contributed by atoms with Crippen molar-refractivity contribution in [3.05, 3.63) is 35.4 Å². The summed E-state index contributed by atoms with van der Waals surface area (Å²) >= 11 is 0. The molecule has 1 saturated heterocycles. The highest BCUT2D eigenvalue weighted by molar-refractivity contribution is 5.87. The molecule has 11 heteroatoms. The molecule has 0 aromatic heterocycles. The van der Waals surface area contributed by atoms with Crippen molar-refractivity contribution in [3.63, 3.8) is 0 Å². The summed E-state index contributed by atoms with van der Waals surface area (Å²) in [5.41, 5.74) is 0.0280. The lowest BCUT2D eigenvalue weighted by Crippen LogP contribution is -2.49. The highest BCUT2D eigenvalue weighted by atomic mass is 19.3. The lowest BCUT2D eigenvalue weighted by Gasteiger charge is -2.31. The number of hydrogen-bond acceptors (Lipinski definition) is 4. The lowest BCUT2D eigenvalue weighted by molar-refractivity contribution is -0.129. The number of hydrogen-bond donors (Lipinski definition) is 3. The van der Waals surface area contributed by atoms with Gasteiger partial charge in [-0.2, -0.15) is 0 Å². The Labute approximate surface area is 227 Å². The average molecular weight is 557 g/mol. The Kier molecular flexibility index (Phi) is 10.0. The van der Waals surface area contributed by atoms with Crippen molar-refractivity contribution in [3.8, 4) is 0 Å². The molecule has 3 rings (SSSR count). The van der Waals surface area contributed by atoms with Crippen LogP contribution in [0.3, 0.4) is 0 Å². The number of carbonyl (C=O) groups is 3.